The number of nitrogens with two attached hydrogens (primary N) is 1. The quantitative estimate of drug-likeness (QED) is 0.639. The molecule has 7 heteroatoms. The van der Waals surface area contributed by atoms with Crippen LogP contribution in [0.15, 0.2) is 53.1 Å². The molecule has 3 N–H and O–H groups in total. The fourth-order valence-electron chi connectivity index (χ4n) is 2.74. The Hall–Kier alpha value is -3.61. The molecular formula is C21H20N2O5. The monoisotopic (exact) mass is 380 g/mol. The van der Waals surface area contributed by atoms with Gasteiger partial charge in [-0.1, -0.05) is 12.1 Å². The van der Waals surface area contributed by atoms with Gasteiger partial charge in [-0.15, -0.1) is 0 Å². The van der Waals surface area contributed by atoms with E-state index in [0.717, 1.165) is 10.9 Å². The number of hydrogen-bond acceptors (Lipinski definition) is 5. The van der Waals surface area contributed by atoms with Gasteiger partial charge in [0.2, 0.25) is 5.91 Å². The molecule has 2 aromatic carbocycles. The number of carbonyl (C=O) groups is 3. The molecule has 0 spiro atoms. The SMILES string of the molecule is Cc1ccc2c(CC(=O)O[C@@H](C)C(=O)Nc3ccc(C(N)=O)cc3)coc2c1. The van der Waals surface area contributed by atoms with Crippen molar-refractivity contribution in [2.24, 2.45) is 5.73 Å². The summed E-state index contributed by atoms with van der Waals surface area (Å²) < 4.78 is 10.7. The maximum Gasteiger partial charge on any atom is 0.311 e. The molecular weight excluding hydrogens is 360 g/mol. The largest absolute Gasteiger partial charge is 0.464 e. The molecule has 3 rings (SSSR count). The Labute approximate surface area is 161 Å². The Morgan fingerprint density at radius 3 is 2.54 bits per heavy atom. The van der Waals surface area contributed by atoms with Gasteiger partial charge in [0.05, 0.1) is 12.7 Å². The van der Waals surface area contributed by atoms with Crippen molar-refractivity contribution in [1.82, 2.24) is 0 Å². The molecule has 144 valence electrons. The van der Waals surface area contributed by atoms with Gasteiger partial charge in [-0.2, -0.15) is 0 Å². The van der Waals surface area contributed by atoms with E-state index < -0.39 is 23.9 Å². The Morgan fingerprint density at radius 1 is 1.14 bits per heavy atom. The summed E-state index contributed by atoms with van der Waals surface area (Å²) in [4.78, 5) is 35.5. The average molecular weight is 380 g/mol. The van der Waals surface area contributed by atoms with Gasteiger partial charge in [-0.3, -0.25) is 14.4 Å². The van der Waals surface area contributed by atoms with E-state index in [1.54, 1.807) is 12.1 Å². The summed E-state index contributed by atoms with van der Waals surface area (Å²) in [5, 5.41) is 3.46. The van der Waals surface area contributed by atoms with Gasteiger partial charge < -0.3 is 20.2 Å². The normalized spacial score (nSPS) is 11.8. The van der Waals surface area contributed by atoms with Crippen LogP contribution in [-0.2, 0) is 20.7 Å². The molecule has 1 aromatic heterocycles. The number of fused-ring (bicyclic) bond motifs is 1. The lowest BCUT2D eigenvalue weighted by molar-refractivity contribution is -0.152. The number of primary amides is 1. The van der Waals surface area contributed by atoms with E-state index in [0.29, 0.717) is 22.4 Å². The molecule has 0 radical (unpaired) electrons. The highest BCUT2D eigenvalue weighted by Gasteiger charge is 2.19. The lowest BCUT2D eigenvalue weighted by atomic mass is 10.1. The summed E-state index contributed by atoms with van der Waals surface area (Å²) in [6.07, 6.45) is 0.543. The molecule has 1 heterocycles. The van der Waals surface area contributed by atoms with Gasteiger partial charge >= 0.3 is 5.97 Å². The fraction of sp³-hybridized carbons (Fsp3) is 0.190. The van der Waals surface area contributed by atoms with Crippen LogP contribution in [0.3, 0.4) is 0 Å². The highest BCUT2D eigenvalue weighted by molar-refractivity contribution is 5.97. The summed E-state index contributed by atoms with van der Waals surface area (Å²) in [6, 6.07) is 11.8. The highest BCUT2D eigenvalue weighted by Crippen LogP contribution is 2.23. The number of anilines is 1. The van der Waals surface area contributed by atoms with E-state index in [1.165, 1.54) is 25.3 Å². The van der Waals surface area contributed by atoms with E-state index in [-0.39, 0.29) is 6.42 Å². The van der Waals surface area contributed by atoms with Gasteiger partial charge in [-0.25, -0.2) is 0 Å². The predicted molar refractivity (Wildman–Crippen MR) is 104 cm³/mol. The molecule has 28 heavy (non-hydrogen) atoms. The van der Waals surface area contributed by atoms with Crippen LogP contribution >= 0.6 is 0 Å². The topological polar surface area (TPSA) is 112 Å². The number of hydrogen-bond donors (Lipinski definition) is 2. The molecule has 0 bridgehead atoms. The van der Waals surface area contributed by atoms with Crippen LogP contribution in [0.2, 0.25) is 0 Å². The van der Waals surface area contributed by atoms with Gasteiger partial charge in [0, 0.05) is 22.2 Å². The lowest BCUT2D eigenvalue weighted by Crippen LogP contribution is -2.30. The molecule has 0 saturated carbocycles. The number of furan rings is 1. The van der Waals surface area contributed by atoms with Crippen molar-refractivity contribution < 1.29 is 23.5 Å². The first kappa shape index (κ1) is 19.2. The van der Waals surface area contributed by atoms with Crippen LogP contribution in [0.1, 0.15) is 28.4 Å². The van der Waals surface area contributed by atoms with E-state index in [1.807, 2.05) is 25.1 Å². The molecule has 0 fully saturated rings. The van der Waals surface area contributed by atoms with E-state index in [2.05, 4.69) is 5.32 Å². The summed E-state index contributed by atoms with van der Waals surface area (Å²) in [7, 11) is 0. The molecule has 0 aliphatic carbocycles. The van der Waals surface area contributed by atoms with Crippen LogP contribution in [-0.4, -0.2) is 23.9 Å². The summed E-state index contributed by atoms with van der Waals surface area (Å²) in [5.41, 5.74) is 8.44. The first-order valence-electron chi connectivity index (χ1n) is 8.70. The molecule has 0 unspecified atom stereocenters. The van der Waals surface area contributed by atoms with Crippen molar-refractivity contribution in [3.63, 3.8) is 0 Å². The number of amides is 2. The summed E-state index contributed by atoms with van der Waals surface area (Å²) in [6.45, 7) is 3.44. The summed E-state index contributed by atoms with van der Waals surface area (Å²) >= 11 is 0. The first-order chi connectivity index (χ1) is 13.3. The zero-order valence-electron chi connectivity index (χ0n) is 15.5. The van der Waals surface area contributed by atoms with Crippen molar-refractivity contribution in [3.05, 3.63) is 65.4 Å². The predicted octanol–water partition coefficient (Wildman–Crippen LogP) is 2.95. The lowest BCUT2D eigenvalue weighted by Gasteiger charge is -2.13. The third-order valence-corrected chi connectivity index (χ3v) is 4.26. The molecule has 2 amide bonds. The number of carbonyl (C=O) groups excluding carboxylic acids is 3. The fourth-order valence-corrected chi connectivity index (χ4v) is 2.74. The van der Waals surface area contributed by atoms with Gasteiger partial charge in [0.15, 0.2) is 6.10 Å². The third kappa shape index (κ3) is 4.37. The molecule has 7 nitrogen and oxygen atoms in total. The average Bonchev–Trinajstić information content (AvgIpc) is 3.03. The van der Waals surface area contributed by atoms with Crippen LogP contribution in [0.4, 0.5) is 5.69 Å². The number of nitrogens with one attached hydrogen (secondary N) is 1. The highest BCUT2D eigenvalue weighted by atomic mass is 16.5. The van der Waals surface area contributed by atoms with Crippen LogP contribution in [0.5, 0.6) is 0 Å². The maximum absolute atomic E-state index is 12.2. The van der Waals surface area contributed by atoms with Crippen LogP contribution in [0, 0.1) is 6.92 Å². The first-order valence-corrected chi connectivity index (χ1v) is 8.70. The van der Waals surface area contributed by atoms with Crippen molar-refractivity contribution in [2.45, 2.75) is 26.4 Å². The minimum atomic E-state index is -0.983. The minimum absolute atomic E-state index is 0.000982. The van der Waals surface area contributed by atoms with Crippen molar-refractivity contribution in [1.29, 1.82) is 0 Å². The van der Waals surface area contributed by atoms with Crippen molar-refractivity contribution >= 4 is 34.4 Å². The molecule has 0 aliphatic heterocycles. The zero-order chi connectivity index (χ0) is 20.3. The third-order valence-electron chi connectivity index (χ3n) is 4.26. The van der Waals surface area contributed by atoms with Crippen molar-refractivity contribution in [3.8, 4) is 0 Å². The van der Waals surface area contributed by atoms with Gasteiger partial charge in [0.25, 0.3) is 5.91 Å². The number of ether oxygens (including phenoxy) is 1. The maximum atomic E-state index is 12.2. The molecule has 3 aromatic rings. The Bertz CT molecular complexity index is 1040. The van der Waals surface area contributed by atoms with Crippen LogP contribution in [0.25, 0.3) is 11.0 Å². The minimum Gasteiger partial charge on any atom is -0.464 e. The smallest absolute Gasteiger partial charge is 0.311 e. The number of esters is 1. The zero-order valence-corrected chi connectivity index (χ0v) is 15.5. The molecule has 0 saturated heterocycles. The second-order valence-electron chi connectivity index (χ2n) is 6.50. The van der Waals surface area contributed by atoms with Crippen LogP contribution < -0.4 is 11.1 Å². The Balaban J connectivity index is 1.58. The van der Waals surface area contributed by atoms with Crippen molar-refractivity contribution in [2.75, 3.05) is 5.32 Å². The number of benzene rings is 2. The van der Waals surface area contributed by atoms with E-state index in [4.69, 9.17) is 14.9 Å². The second-order valence-corrected chi connectivity index (χ2v) is 6.50. The Kier molecular flexibility index (Phi) is 5.44. The number of aryl methyl sites for hydroxylation is 1. The summed E-state index contributed by atoms with van der Waals surface area (Å²) in [5.74, 6) is -1.56. The standard InChI is InChI=1S/C21H20N2O5/c1-12-3-8-17-15(11-27-18(17)9-12)10-19(24)28-13(2)21(26)23-16-6-4-14(5-7-16)20(22)25/h3-9,11,13H,10H2,1-2H3,(H2,22,25)(H,23,26)/t13-/m0/s1. The van der Waals surface area contributed by atoms with Gasteiger partial charge in [-0.05, 0) is 49.7 Å². The second kappa shape index (κ2) is 7.96. The number of rotatable bonds is 6. The van der Waals surface area contributed by atoms with E-state index in [9.17, 15) is 14.4 Å². The molecule has 0 aliphatic rings. The molecule has 1 atom stereocenters. The van der Waals surface area contributed by atoms with Gasteiger partial charge in [0.1, 0.15) is 5.58 Å². The Morgan fingerprint density at radius 2 is 1.86 bits per heavy atom. The van der Waals surface area contributed by atoms with E-state index >= 15 is 0 Å².